The monoisotopic (exact) mass is 276 g/mol. The smallest absolute Gasteiger partial charge is 0.303 e. The zero-order chi connectivity index (χ0) is 13.7. The van der Waals surface area contributed by atoms with Crippen LogP contribution >= 0.6 is 11.8 Å². The second-order valence-corrected chi connectivity index (χ2v) is 5.17. The first-order valence-electron chi connectivity index (χ1n) is 5.49. The first kappa shape index (κ1) is 14.8. The lowest BCUT2D eigenvalue weighted by Gasteiger charge is -2.22. The van der Waals surface area contributed by atoms with Gasteiger partial charge >= 0.3 is 17.9 Å². The van der Waals surface area contributed by atoms with Gasteiger partial charge in [-0.1, -0.05) is 0 Å². The van der Waals surface area contributed by atoms with Gasteiger partial charge in [-0.05, 0) is 0 Å². The van der Waals surface area contributed by atoms with Gasteiger partial charge in [0.2, 0.25) is 0 Å². The first-order valence-corrected chi connectivity index (χ1v) is 6.54. The third-order valence-electron chi connectivity index (χ3n) is 2.28. The van der Waals surface area contributed by atoms with E-state index in [0.29, 0.717) is 5.75 Å². The van der Waals surface area contributed by atoms with Crippen molar-refractivity contribution >= 4 is 29.7 Å². The highest BCUT2D eigenvalue weighted by Gasteiger charge is 2.42. The quantitative estimate of drug-likeness (QED) is 0.547. The molecule has 0 N–H and O–H groups in total. The molecule has 0 aromatic heterocycles. The maximum atomic E-state index is 11.0. The standard InChI is InChI=1S/C11H16O6S/c1-6(12)15-4-10-11(17-8(3)14)9(5-18-10)16-7(2)13/h9-11H,4-5H2,1-3H3/t9-,10-,11-/m0/s1. The molecule has 0 aromatic rings. The van der Waals surface area contributed by atoms with E-state index in [-0.39, 0.29) is 11.9 Å². The molecular weight excluding hydrogens is 260 g/mol. The van der Waals surface area contributed by atoms with E-state index in [1.54, 1.807) is 0 Å². The summed E-state index contributed by atoms with van der Waals surface area (Å²) < 4.78 is 15.1. The molecule has 18 heavy (non-hydrogen) atoms. The molecule has 1 aliphatic heterocycles. The lowest BCUT2D eigenvalue weighted by atomic mass is 10.1. The number of hydrogen-bond donors (Lipinski definition) is 0. The number of rotatable bonds is 4. The molecule has 3 atom stereocenters. The molecule has 1 heterocycles. The van der Waals surface area contributed by atoms with Gasteiger partial charge in [-0.25, -0.2) is 0 Å². The Morgan fingerprint density at radius 2 is 1.67 bits per heavy atom. The zero-order valence-electron chi connectivity index (χ0n) is 10.5. The van der Waals surface area contributed by atoms with E-state index < -0.39 is 30.1 Å². The van der Waals surface area contributed by atoms with Crippen molar-refractivity contribution in [2.24, 2.45) is 0 Å². The molecule has 0 amide bonds. The summed E-state index contributed by atoms with van der Waals surface area (Å²) in [7, 11) is 0. The minimum Gasteiger partial charge on any atom is -0.465 e. The molecule has 0 aromatic carbocycles. The number of carbonyl (C=O) groups is 3. The van der Waals surface area contributed by atoms with Crippen molar-refractivity contribution in [2.45, 2.75) is 38.2 Å². The third-order valence-corrected chi connectivity index (χ3v) is 3.63. The highest BCUT2D eigenvalue weighted by atomic mass is 32.2. The molecule has 0 bridgehead atoms. The van der Waals surface area contributed by atoms with E-state index in [1.165, 1.54) is 32.5 Å². The van der Waals surface area contributed by atoms with E-state index >= 15 is 0 Å². The summed E-state index contributed by atoms with van der Waals surface area (Å²) >= 11 is 1.45. The van der Waals surface area contributed by atoms with Crippen molar-refractivity contribution in [3.63, 3.8) is 0 Å². The number of ether oxygens (including phenoxy) is 3. The third kappa shape index (κ3) is 4.56. The summed E-state index contributed by atoms with van der Waals surface area (Å²) in [6, 6.07) is 0. The maximum Gasteiger partial charge on any atom is 0.303 e. The largest absolute Gasteiger partial charge is 0.465 e. The Balaban J connectivity index is 2.63. The van der Waals surface area contributed by atoms with Crippen LogP contribution in [0.25, 0.3) is 0 Å². The molecular formula is C11H16O6S. The maximum absolute atomic E-state index is 11.0. The Morgan fingerprint density at radius 3 is 2.17 bits per heavy atom. The minimum atomic E-state index is -0.573. The van der Waals surface area contributed by atoms with Crippen LogP contribution in [0.2, 0.25) is 0 Å². The van der Waals surface area contributed by atoms with E-state index in [9.17, 15) is 14.4 Å². The number of carbonyl (C=O) groups excluding carboxylic acids is 3. The van der Waals surface area contributed by atoms with Crippen LogP contribution in [0.3, 0.4) is 0 Å². The normalized spacial score (nSPS) is 26.5. The lowest BCUT2D eigenvalue weighted by molar-refractivity contribution is -0.163. The van der Waals surface area contributed by atoms with Crippen LogP contribution in [-0.4, -0.2) is 47.7 Å². The van der Waals surface area contributed by atoms with Crippen molar-refractivity contribution in [2.75, 3.05) is 12.4 Å². The van der Waals surface area contributed by atoms with Crippen LogP contribution in [-0.2, 0) is 28.6 Å². The Kier molecular flexibility index (Phi) is 5.46. The van der Waals surface area contributed by atoms with E-state index in [2.05, 4.69) is 0 Å². The van der Waals surface area contributed by atoms with Gasteiger partial charge in [-0.2, -0.15) is 0 Å². The van der Waals surface area contributed by atoms with Crippen molar-refractivity contribution in [3.05, 3.63) is 0 Å². The van der Waals surface area contributed by atoms with Gasteiger partial charge in [-0.3, -0.25) is 14.4 Å². The summed E-state index contributed by atoms with van der Waals surface area (Å²) in [6.07, 6.45) is -1.06. The first-order chi connectivity index (χ1) is 8.40. The van der Waals surface area contributed by atoms with Crippen LogP contribution in [0.15, 0.2) is 0 Å². The Hall–Kier alpha value is -1.24. The Morgan fingerprint density at radius 1 is 1.06 bits per heavy atom. The van der Waals surface area contributed by atoms with Crippen LogP contribution in [0.1, 0.15) is 20.8 Å². The molecule has 1 aliphatic rings. The van der Waals surface area contributed by atoms with E-state index in [1.807, 2.05) is 0 Å². The highest BCUT2D eigenvalue weighted by molar-refractivity contribution is 8.00. The second-order valence-electron chi connectivity index (χ2n) is 3.90. The highest BCUT2D eigenvalue weighted by Crippen LogP contribution is 2.32. The summed E-state index contributed by atoms with van der Waals surface area (Å²) in [4.78, 5) is 32.7. The zero-order valence-corrected chi connectivity index (χ0v) is 11.3. The molecule has 0 aliphatic carbocycles. The molecule has 1 saturated heterocycles. The van der Waals surface area contributed by atoms with Crippen molar-refractivity contribution in [3.8, 4) is 0 Å². The average molecular weight is 276 g/mol. The molecule has 0 unspecified atom stereocenters. The minimum absolute atomic E-state index is 0.135. The summed E-state index contributed by atoms with van der Waals surface area (Å²) in [6.45, 7) is 4.03. The number of thioether (sulfide) groups is 1. The van der Waals surface area contributed by atoms with E-state index in [0.717, 1.165) is 0 Å². The van der Waals surface area contributed by atoms with Crippen LogP contribution in [0.4, 0.5) is 0 Å². The average Bonchev–Trinajstić information content (AvgIpc) is 2.57. The fraction of sp³-hybridized carbons (Fsp3) is 0.727. The van der Waals surface area contributed by atoms with Crippen LogP contribution in [0.5, 0.6) is 0 Å². The molecule has 7 heteroatoms. The van der Waals surface area contributed by atoms with Gasteiger partial charge in [0.15, 0.2) is 6.10 Å². The van der Waals surface area contributed by atoms with Crippen molar-refractivity contribution in [1.82, 2.24) is 0 Å². The summed E-state index contributed by atoms with van der Waals surface area (Å²) in [5.41, 5.74) is 0. The molecule has 0 saturated carbocycles. The molecule has 6 nitrogen and oxygen atoms in total. The van der Waals surface area contributed by atoms with Crippen molar-refractivity contribution in [1.29, 1.82) is 0 Å². The fourth-order valence-corrected chi connectivity index (χ4v) is 2.93. The van der Waals surface area contributed by atoms with Gasteiger partial charge in [0.25, 0.3) is 0 Å². The van der Waals surface area contributed by atoms with Gasteiger partial charge in [-0.15, -0.1) is 11.8 Å². The molecule has 0 radical (unpaired) electrons. The van der Waals surface area contributed by atoms with E-state index in [4.69, 9.17) is 14.2 Å². The predicted octanol–water partition coefficient (Wildman–Crippen LogP) is 0.528. The lowest BCUT2D eigenvalue weighted by Crippen LogP contribution is -2.39. The van der Waals surface area contributed by atoms with Gasteiger partial charge in [0.05, 0.1) is 5.25 Å². The van der Waals surface area contributed by atoms with Crippen LogP contribution < -0.4 is 0 Å². The van der Waals surface area contributed by atoms with Crippen LogP contribution in [0, 0.1) is 0 Å². The fourth-order valence-electron chi connectivity index (χ4n) is 1.65. The number of hydrogen-bond acceptors (Lipinski definition) is 7. The molecule has 0 spiro atoms. The summed E-state index contributed by atoms with van der Waals surface area (Å²) in [5, 5.41) is -0.206. The molecule has 102 valence electrons. The van der Waals surface area contributed by atoms with Gasteiger partial charge < -0.3 is 14.2 Å². The van der Waals surface area contributed by atoms with Crippen molar-refractivity contribution < 1.29 is 28.6 Å². The molecule has 1 rings (SSSR count). The second kappa shape index (κ2) is 6.63. The van der Waals surface area contributed by atoms with Gasteiger partial charge in [0.1, 0.15) is 12.7 Å². The SMILES string of the molecule is CC(=O)OC[C@@H]1SC[C@H](OC(C)=O)[C@@H]1OC(C)=O. The topological polar surface area (TPSA) is 78.9 Å². The summed E-state index contributed by atoms with van der Waals surface area (Å²) in [5.74, 6) is -0.754. The predicted molar refractivity (Wildman–Crippen MR) is 64.0 cm³/mol. The van der Waals surface area contributed by atoms with Gasteiger partial charge in [0, 0.05) is 26.5 Å². The Bertz CT molecular complexity index is 342. The number of esters is 3. The Labute approximate surface area is 109 Å². The molecule has 1 fully saturated rings.